The van der Waals surface area contributed by atoms with Crippen molar-refractivity contribution in [1.29, 1.82) is 0 Å². The van der Waals surface area contributed by atoms with E-state index in [0.717, 1.165) is 44.7 Å². The molecule has 0 aliphatic carbocycles. The van der Waals surface area contributed by atoms with E-state index in [9.17, 15) is 9.18 Å². The summed E-state index contributed by atoms with van der Waals surface area (Å²) in [6, 6.07) is 5.98. The molecular weight excluding hydrogens is 558 g/mol. The first-order chi connectivity index (χ1) is 19.6. The largest absolute Gasteiger partial charge is 0.353 e. The van der Waals surface area contributed by atoms with E-state index < -0.39 is 0 Å². The number of likely N-dealkylation sites (N-methyl/N-ethyl adjacent to an activating group) is 1. The van der Waals surface area contributed by atoms with E-state index in [2.05, 4.69) is 65.4 Å². The van der Waals surface area contributed by atoms with E-state index in [1.54, 1.807) is 24.4 Å². The molecule has 220 valence electrons. The summed E-state index contributed by atoms with van der Waals surface area (Å²) in [7, 11) is 2.58. The quantitative estimate of drug-likeness (QED) is 0.309. The highest BCUT2D eigenvalue weighted by Crippen LogP contribution is 2.39. The second-order valence-electron chi connectivity index (χ2n) is 11.0. The van der Waals surface area contributed by atoms with Gasteiger partial charge in [0, 0.05) is 55.9 Å². The number of aromatic nitrogens is 1. The Kier molecular flexibility index (Phi) is 11.1. The van der Waals surface area contributed by atoms with Crippen LogP contribution in [0.15, 0.2) is 58.6 Å². The Morgan fingerprint density at radius 3 is 2.63 bits per heavy atom. The van der Waals surface area contributed by atoms with E-state index in [-0.39, 0.29) is 23.5 Å². The predicted molar refractivity (Wildman–Crippen MR) is 171 cm³/mol. The fourth-order valence-corrected chi connectivity index (χ4v) is 6.44. The SMILES string of the molecule is CC/C=C1/N=CC(NC(C)c2cc(NC(=O)c3cnc(N4CCN(C)CC4)c(Cl)c3)ccc2F)P/C1=C\CC(C)C. The first-order valence-electron chi connectivity index (χ1n) is 14.3. The topological polar surface area (TPSA) is 72.9 Å². The van der Waals surface area contributed by atoms with Crippen LogP contribution >= 0.6 is 20.2 Å². The molecule has 4 rings (SSSR count). The lowest BCUT2D eigenvalue weighted by Crippen LogP contribution is -2.45. The van der Waals surface area contributed by atoms with Gasteiger partial charge in [0.25, 0.3) is 5.91 Å². The molecular formula is C31H41ClFN6OP. The normalized spacial score (nSPS) is 21.3. The number of hydrogen-bond donors (Lipinski definition) is 2. The van der Waals surface area contributed by atoms with Gasteiger partial charge in [-0.25, -0.2) is 9.37 Å². The van der Waals surface area contributed by atoms with Crippen molar-refractivity contribution in [3.63, 3.8) is 0 Å². The molecule has 1 fully saturated rings. The summed E-state index contributed by atoms with van der Waals surface area (Å²) >= 11 is 6.53. The van der Waals surface area contributed by atoms with Crippen molar-refractivity contribution >= 4 is 43.8 Å². The number of nitrogens with one attached hydrogen (secondary N) is 2. The van der Waals surface area contributed by atoms with Crippen LogP contribution in [-0.2, 0) is 0 Å². The molecule has 1 aromatic heterocycles. The minimum Gasteiger partial charge on any atom is -0.353 e. The molecule has 1 saturated heterocycles. The number of hydrogen-bond acceptors (Lipinski definition) is 6. The van der Waals surface area contributed by atoms with Crippen molar-refractivity contribution in [3.05, 3.63) is 75.6 Å². The maximum absolute atomic E-state index is 14.9. The van der Waals surface area contributed by atoms with Crippen LogP contribution < -0.4 is 15.5 Å². The number of pyridine rings is 1. The van der Waals surface area contributed by atoms with E-state index in [4.69, 9.17) is 16.6 Å². The summed E-state index contributed by atoms with van der Waals surface area (Å²) in [5.74, 6) is 0.579. The molecule has 0 radical (unpaired) electrons. The third kappa shape index (κ3) is 8.45. The number of carbonyl (C=O) groups excluding carboxylic acids is 1. The van der Waals surface area contributed by atoms with Gasteiger partial charge in [0.1, 0.15) is 11.6 Å². The average molecular weight is 599 g/mol. The zero-order valence-corrected chi connectivity index (χ0v) is 26.3. The minimum atomic E-state index is -0.349. The first-order valence-corrected chi connectivity index (χ1v) is 15.8. The predicted octanol–water partition coefficient (Wildman–Crippen LogP) is 6.84. The first kappa shape index (κ1) is 31.3. The standard InChI is InChI=1S/C31H41ClFN6OP/c1-6-7-27-28(11-8-20(2)3)41-29(19-34-27)36-21(4)24-17-23(9-10-26(24)33)37-31(40)22-16-25(32)30(35-18-22)39-14-12-38(5)13-15-39/h7,9-11,16-21,29,36,41H,6,8,12-15H2,1-5H3,(H,37,40)/b27-7+,28-11-. The lowest BCUT2D eigenvalue weighted by atomic mass is 10.1. The molecule has 10 heteroatoms. The molecule has 3 heterocycles. The second kappa shape index (κ2) is 14.5. The number of halogens is 2. The number of benzene rings is 1. The molecule has 1 aromatic carbocycles. The Labute approximate surface area is 250 Å². The molecule has 2 N–H and O–H groups in total. The lowest BCUT2D eigenvalue weighted by molar-refractivity contribution is 0.102. The Hall–Kier alpha value is -2.64. The molecule has 7 nitrogen and oxygen atoms in total. The second-order valence-corrected chi connectivity index (χ2v) is 12.9. The number of amides is 1. The molecule has 2 aromatic rings. The van der Waals surface area contributed by atoms with Crippen molar-refractivity contribution in [3.8, 4) is 0 Å². The van der Waals surface area contributed by atoms with Crippen molar-refractivity contribution < 1.29 is 9.18 Å². The fourth-order valence-electron chi connectivity index (χ4n) is 4.78. The van der Waals surface area contributed by atoms with Crippen molar-refractivity contribution in [2.45, 2.75) is 52.4 Å². The number of piperazine rings is 1. The van der Waals surface area contributed by atoms with Gasteiger partial charge in [-0.3, -0.25) is 15.1 Å². The van der Waals surface area contributed by atoms with Crippen molar-refractivity contribution in [2.75, 3.05) is 43.4 Å². The van der Waals surface area contributed by atoms with E-state index in [0.29, 0.717) is 42.2 Å². The zero-order chi connectivity index (χ0) is 29.5. The zero-order valence-electron chi connectivity index (χ0n) is 24.5. The molecule has 0 bridgehead atoms. The maximum atomic E-state index is 14.9. The smallest absolute Gasteiger partial charge is 0.257 e. The van der Waals surface area contributed by atoms with Gasteiger partial charge in [0.2, 0.25) is 0 Å². The summed E-state index contributed by atoms with van der Waals surface area (Å²) in [5.41, 5.74) is 2.37. The minimum absolute atomic E-state index is 0.00194. The van der Waals surface area contributed by atoms with Crippen LogP contribution in [0.5, 0.6) is 0 Å². The van der Waals surface area contributed by atoms with Gasteiger partial charge < -0.3 is 15.1 Å². The van der Waals surface area contributed by atoms with Crippen LogP contribution in [0.1, 0.15) is 62.5 Å². The third-order valence-corrected chi connectivity index (χ3v) is 8.85. The number of anilines is 2. The van der Waals surface area contributed by atoms with Gasteiger partial charge in [0.05, 0.1) is 22.1 Å². The number of rotatable bonds is 9. The Morgan fingerprint density at radius 1 is 1.20 bits per heavy atom. The Morgan fingerprint density at radius 2 is 1.95 bits per heavy atom. The highest BCUT2D eigenvalue weighted by Gasteiger charge is 2.22. The highest BCUT2D eigenvalue weighted by atomic mass is 35.5. The van der Waals surface area contributed by atoms with Gasteiger partial charge in [-0.1, -0.05) is 53.1 Å². The van der Waals surface area contributed by atoms with Gasteiger partial charge >= 0.3 is 0 Å². The van der Waals surface area contributed by atoms with Crippen LogP contribution in [0.25, 0.3) is 0 Å². The van der Waals surface area contributed by atoms with Crippen molar-refractivity contribution in [2.24, 2.45) is 10.9 Å². The van der Waals surface area contributed by atoms with Crippen LogP contribution in [-0.4, -0.2) is 61.0 Å². The van der Waals surface area contributed by atoms with Crippen LogP contribution in [0, 0.1) is 11.7 Å². The van der Waals surface area contributed by atoms with Crippen molar-refractivity contribution in [1.82, 2.24) is 15.2 Å². The van der Waals surface area contributed by atoms with Crippen LogP contribution in [0.2, 0.25) is 5.02 Å². The van der Waals surface area contributed by atoms with Gasteiger partial charge in [-0.05, 0) is 62.3 Å². The monoisotopic (exact) mass is 598 g/mol. The average Bonchev–Trinajstić information content (AvgIpc) is 2.94. The van der Waals surface area contributed by atoms with Gasteiger partial charge in [-0.15, -0.1) is 0 Å². The molecule has 2 aliphatic rings. The molecule has 3 unspecified atom stereocenters. The molecule has 3 atom stereocenters. The summed E-state index contributed by atoms with van der Waals surface area (Å²) in [6.07, 6.45) is 9.83. The molecule has 2 aliphatic heterocycles. The number of carbonyl (C=O) groups is 1. The van der Waals surface area contributed by atoms with Crippen LogP contribution in [0.3, 0.4) is 0 Å². The molecule has 0 saturated carbocycles. The number of allylic oxidation sites excluding steroid dienone is 3. The number of nitrogens with zero attached hydrogens (tertiary/aromatic N) is 4. The Bertz CT molecular complexity index is 1320. The Balaban J connectivity index is 1.43. The highest BCUT2D eigenvalue weighted by molar-refractivity contribution is 7.45. The lowest BCUT2D eigenvalue weighted by Gasteiger charge is -2.33. The maximum Gasteiger partial charge on any atom is 0.257 e. The van der Waals surface area contributed by atoms with E-state index >= 15 is 0 Å². The summed E-state index contributed by atoms with van der Waals surface area (Å²) in [4.78, 5) is 26.6. The van der Waals surface area contributed by atoms with Crippen LogP contribution in [0.4, 0.5) is 15.9 Å². The molecule has 0 spiro atoms. The third-order valence-electron chi connectivity index (χ3n) is 7.18. The molecule has 1 amide bonds. The summed E-state index contributed by atoms with van der Waals surface area (Å²) < 4.78 is 14.9. The van der Waals surface area contributed by atoms with Gasteiger partial charge in [-0.2, -0.15) is 0 Å². The fraction of sp³-hybridized carbons (Fsp3) is 0.452. The molecule has 41 heavy (non-hydrogen) atoms. The number of aliphatic imine (C=N–C) groups is 1. The summed E-state index contributed by atoms with van der Waals surface area (Å²) in [5, 5.41) is 8.09. The van der Waals surface area contributed by atoms with E-state index in [1.807, 2.05) is 13.1 Å². The van der Waals surface area contributed by atoms with E-state index in [1.165, 1.54) is 11.4 Å². The van der Waals surface area contributed by atoms with Gasteiger partial charge in [0.15, 0.2) is 0 Å². The summed E-state index contributed by atoms with van der Waals surface area (Å²) in [6.45, 7) is 12.0.